The van der Waals surface area contributed by atoms with E-state index >= 15 is 0 Å². The predicted molar refractivity (Wildman–Crippen MR) is 49.9 cm³/mol. The summed E-state index contributed by atoms with van der Waals surface area (Å²) in [7, 11) is 0. The van der Waals surface area contributed by atoms with Gasteiger partial charge in [0.2, 0.25) is 0 Å². The molecule has 1 aromatic heterocycles. The van der Waals surface area contributed by atoms with E-state index in [9.17, 15) is 0 Å². The molecule has 0 bridgehead atoms. The third kappa shape index (κ3) is 3.56. The molecular formula is C8H13BrN2. The molecular weight excluding hydrogens is 204 g/mol. The van der Waals surface area contributed by atoms with E-state index in [0.717, 1.165) is 6.54 Å². The number of aryl methyl sites for hydroxylation is 1. The number of aromatic nitrogens is 2. The van der Waals surface area contributed by atoms with Crippen molar-refractivity contribution in [2.24, 2.45) is 0 Å². The third-order valence-electron chi connectivity index (χ3n) is 1.55. The van der Waals surface area contributed by atoms with Crippen molar-refractivity contribution in [1.29, 1.82) is 0 Å². The van der Waals surface area contributed by atoms with Crippen molar-refractivity contribution in [2.45, 2.75) is 31.1 Å². The van der Waals surface area contributed by atoms with Gasteiger partial charge in [-0.2, -0.15) is 5.10 Å². The molecule has 1 atom stereocenters. The molecule has 0 saturated heterocycles. The molecule has 3 heteroatoms. The van der Waals surface area contributed by atoms with Crippen molar-refractivity contribution in [2.75, 3.05) is 0 Å². The molecule has 2 nitrogen and oxygen atoms in total. The van der Waals surface area contributed by atoms with E-state index in [-0.39, 0.29) is 0 Å². The highest BCUT2D eigenvalue weighted by atomic mass is 79.9. The Hall–Kier alpha value is -0.310. The van der Waals surface area contributed by atoms with Crippen LogP contribution < -0.4 is 0 Å². The van der Waals surface area contributed by atoms with E-state index in [0.29, 0.717) is 4.83 Å². The zero-order valence-corrected chi connectivity index (χ0v) is 8.29. The molecule has 1 unspecified atom stereocenters. The first kappa shape index (κ1) is 8.78. The number of hydrogen-bond donors (Lipinski definition) is 0. The van der Waals surface area contributed by atoms with Gasteiger partial charge in [0.1, 0.15) is 0 Å². The summed E-state index contributed by atoms with van der Waals surface area (Å²) < 4.78 is 1.97. The van der Waals surface area contributed by atoms with Gasteiger partial charge < -0.3 is 0 Å². The normalized spacial score (nSPS) is 13.3. The lowest BCUT2D eigenvalue weighted by atomic mass is 10.2. The maximum Gasteiger partial charge on any atom is 0.0489 e. The summed E-state index contributed by atoms with van der Waals surface area (Å²) in [6, 6.07) is 1.96. The van der Waals surface area contributed by atoms with Gasteiger partial charge in [-0.05, 0) is 18.9 Å². The Morgan fingerprint density at radius 3 is 3.00 bits per heavy atom. The van der Waals surface area contributed by atoms with Crippen LogP contribution in [-0.4, -0.2) is 14.6 Å². The number of rotatable bonds is 4. The van der Waals surface area contributed by atoms with Crippen LogP contribution in [0.3, 0.4) is 0 Å². The Balaban J connectivity index is 2.14. The predicted octanol–water partition coefficient (Wildman–Crippen LogP) is 2.45. The zero-order chi connectivity index (χ0) is 8.10. The molecule has 1 aromatic rings. The number of halogens is 1. The second-order valence-corrected chi connectivity index (χ2v) is 4.26. The van der Waals surface area contributed by atoms with Gasteiger partial charge in [-0.1, -0.05) is 22.9 Å². The Morgan fingerprint density at radius 1 is 1.64 bits per heavy atom. The Morgan fingerprint density at radius 2 is 2.45 bits per heavy atom. The van der Waals surface area contributed by atoms with E-state index in [2.05, 4.69) is 28.0 Å². The van der Waals surface area contributed by atoms with Crippen molar-refractivity contribution in [3.63, 3.8) is 0 Å². The first-order valence-corrected chi connectivity index (χ1v) is 4.82. The van der Waals surface area contributed by atoms with Crippen LogP contribution in [0.2, 0.25) is 0 Å². The van der Waals surface area contributed by atoms with Crippen LogP contribution in [0.15, 0.2) is 18.5 Å². The molecule has 0 saturated carbocycles. The van der Waals surface area contributed by atoms with Crippen molar-refractivity contribution >= 4 is 15.9 Å². The SMILES string of the molecule is CC(Br)CCCn1cccn1. The third-order valence-corrected chi connectivity index (χ3v) is 2.01. The summed E-state index contributed by atoms with van der Waals surface area (Å²) in [6.07, 6.45) is 6.21. The number of hydrogen-bond acceptors (Lipinski definition) is 1. The summed E-state index contributed by atoms with van der Waals surface area (Å²) >= 11 is 3.51. The molecule has 1 heterocycles. The summed E-state index contributed by atoms with van der Waals surface area (Å²) in [6.45, 7) is 3.20. The largest absolute Gasteiger partial charge is 0.273 e. The van der Waals surface area contributed by atoms with Gasteiger partial charge in [0.25, 0.3) is 0 Å². The van der Waals surface area contributed by atoms with Crippen LogP contribution >= 0.6 is 15.9 Å². The first-order valence-electron chi connectivity index (χ1n) is 3.90. The maximum absolute atomic E-state index is 4.11. The van der Waals surface area contributed by atoms with Crippen LogP contribution in [0, 0.1) is 0 Å². The minimum absolute atomic E-state index is 0.623. The summed E-state index contributed by atoms with van der Waals surface area (Å²) in [5.41, 5.74) is 0. The fraction of sp³-hybridized carbons (Fsp3) is 0.625. The van der Waals surface area contributed by atoms with Gasteiger partial charge in [-0.3, -0.25) is 4.68 Å². The Labute approximate surface area is 75.7 Å². The smallest absolute Gasteiger partial charge is 0.0489 e. The fourth-order valence-electron chi connectivity index (χ4n) is 0.967. The highest BCUT2D eigenvalue weighted by Crippen LogP contribution is 2.06. The van der Waals surface area contributed by atoms with Gasteiger partial charge in [-0.25, -0.2) is 0 Å². The Bertz CT molecular complexity index is 182. The average Bonchev–Trinajstić information content (AvgIpc) is 2.39. The van der Waals surface area contributed by atoms with Gasteiger partial charge in [0.15, 0.2) is 0 Å². The molecule has 0 N–H and O–H groups in total. The van der Waals surface area contributed by atoms with Gasteiger partial charge >= 0.3 is 0 Å². The average molecular weight is 217 g/mol. The zero-order valence-electron chi connectivity index (χ0n) is 6.70. The topological polar surface area (TPSA) is 17.8 Å². The first-order chi connectivity index (χ1) is 5.29. The fourth-order valence-corrected chi connectivity index (χ4v) is 1.29. The molecule has 1 rings (SSSR count). The van der Waals surface area contributed by atoms with E-state index in [4.69, 9.17) is 0 Å². The molecule has 0 aliphatic rings. The molecule has 62 valence electrons. The highest BCUT2D eigenvalue weighted by Gasteiger charge is 1.95. The van der Waals surface area contributed by atoms with E-state index in [1.807, 2.05) is 23.1 Å². The van der Waals surface area contributed by atoms with E-state index in [1.165, 1.54) is 12.8 Å². The monoisotopic (exact) mass is 216 g/mol. The van der Waals surface area contributed by atoms with Crippen molar-refractivity contribution in [3.05, 3.63) is 18.5 Å². The standard InChI is InChI=1S/C8H13BrN2/c1-8(9)4-2-6-11-7-3-5-10-11/h3,5,7-8H,2,4,6H2,1H3. The quantitative estimate of drug-likeness (QED) is 0.708. The van der Waals surface area contributed by atoms with Crippen molar-refractivity contribution in [1.82, 2.24) is 9.78 Å². The molecule has 0 aliphatic carbocycles. The van der Waals surface area contributed by atoms with Crippen LogP contribution in [0.1, 0.15) is 19.8 Å². The number of alkyl halides is 1. The molecule has 0 fully saturated rings. The molecule has 0 aliphatic heterocycles. The summed E-state index contributed by atoms with van der Waals surface area (Å²) in [5, 5.41) is 4.11. The minimum atomic E-state index is 0.623. The van der Waals surface area contributed by atoms with Gasteiger partial charge in [-0.15, -0.1) is 0 Å². The molecule has 0 spiro atoms. The Kier molecular flexibility index (Phi) is 3.63. The number of nitrogens with zero attached hydrogens (tertiary/aromatic N) is 2. The lowest BCUT2D eigenvalue weighted by molar-refractivity contribution is 0.559. The molecule has 0 aromatic carbocycles. The maximum atomic E-state index is 4.11. The van der Waals surface area contributed by atoms with E-state index in [1.54, 1.807) is 0 Å². The lowest BCUT2D eigenvalue weighted by Gasteiger charge is -2.02. The van der Waals surface area contributed by atoms with Crippen LogP contribution in [-0.2, 0) is 6.54 Å². The lowest BCUT2D eigenvalue weighted by Crippen LogP contribution is -2.00. The molecule has 0 radical (unpaired) electrons. The van der Waals surface area contributed by atoms with Crippen LogP contribution in [0.4, 0.5) is 0 Å². The van der Waals surface area contributed by atoms with Gasteiger partial charge in [0, 0.05) is 23.8 Å². The highest BCUT2D eigenvalue weighted by molar-refractivity contribution is 9.09. The summed E-state index contributed by atoms with van der Waals surface area (Å²) in [5.74, 6) is 0. The van der Waals surface area contributed by atoms with E-state index < -0.39 is 0 Å². The van der Waals surface area contributed by atoms with Crippen LogP contribution in [0.25, 0.3) is 0 Å². The van der Waals surface area contributed by atoms with Crippen molar-refractivity contribution < 1.29 is 0 Å². The second-order valence-electron chi connectivity index (χ2n) is 2.69. The summed E-state index contributed by atoms with van der Waals surface area (Å²) in [4.78, 5) is 0.623. The second kappa shape index (κ2) is 4.54. The van der Waals surface area contributed by atoms with Crippen molar-refractivity contribution in [3.8, 4) is 0 Å². The van der Waals surface area contributed by atoms with Gasteiger partial charge in [0.05, 0.1) is 0 Å². The van der Waals surface area contributed by atoms with Crippen LogP contribution in [0.5, 0.6) is 0 Å². The molecule has 11 heavy (non-hydrogen) atoms. The molecule has 0 amide bonds. The minimum Gasteiger partial charge on any atom is -0.273 e.